The lowest BCUT2D eigenvalue weighted by molar-refractivity contribution is -0.122. The molecule has 0 radical (unpaired) electrons. The number of rotatable bonds is 5. The lowest BCUT2D eigenvalue weighted by Crippen LogP contribution is -2.37. The molecule has 0 spiro atoms. The Morgan fingerprint density at radius 2 is 2.24 bits per heavy atom. The highest BCUT2D eigenvalue weighted by atomic mass is 32.1. The fourth-order valence-corrected chi connectivity index (χ4v) is 3.07. The van der Waals surface area contributed by atoms with Gasteiger partial charge < -0.3 is 15.4 Å². The highest BCUT2D eigenvalue weighted by Gasteiger charge is 2.28. The minimum absolute atomic E-state index is 0.124. The average Bonchev–Trinajstić information content (AvgIpc) is 3.05. The summed E-state index contributed by atoms with van der Waals surface area (Å²) in [6, 6.07) is 1.21. The lowest BCUT2D eigenvalue weighted by Gasteiger charge is -2.10. The summed E-state index contributed by atoms with van der Waals surface area (Å²) in [5.74, 6) is -0.865. The predicted molar refractivity (Wildman–Crippen MR) is 79.4 cm³/mol. The fourth-order valence-electron chi connectivity index (χ4n) is 2.08. The van der Waals surface area contributed by atoms with Crippen LogP contribution in [0.5, 0.6) is 0 Å². The summed E-state index contributed by atoms with van der Waals surface area (Å²) in [6.45, 7) is 3.99. The summed E-state index contributed by atoms with van der Waals surface area (Å²) < 4.78 is 5.00. The van der Waals surface area contributed by atoms with Crippen molar-refractivity contribution in [1.29, 1.82) is 0 Å². The standard InChI is InChI=1S/C14H18N2O4S/c1-3-8-7-9(14(19)20-4-2)13(21-8)16-12(18)10-5-6-11(17)15-10/h7,10H,3-6H2,1-2H3,(H,15,17)(H,16,18). The van der Waals surface area contributed by atoms with Crippen LogP contribution in [0.2, 0.25) is 0 Å². The molecule has 1 aromatic heterocycles. The van der Waals surface area contributed by atoms with Crippen molar-refractivity contribution >= 4 is 34.1 Å². The van der Waals surface area contributed by atoms with Crippen LogP contribution in [0, 0.1) is 0 Å². The Labute approximate surface area is 126 Å². The lowest BCUT2D eigenvalue weighted by atomic mass is 10.2. The zero-order valence-corrected chi connectivity index (χ0v) is 12.8. The van der Waals surface area contributed by atoms with Crippen molar-refractivity contribution in [2.75, 3.05) is 11.9 Å². The number of carbonyl (C=O) groups excluding carboxylic acids is 3. The number of nitrogens with one attached hydrogen (secondary N) is 2. The smallest absolute Gasteiger partial charge is 0.341 e. The summed E-state index contributed by atoms with van der Waals surface area (Å²) in [5.41, 5.74) is 0.372. The normalized spacial score (nSPS) is 17.4. The van der Waals surface area contributed by atoms with Gasteiger partial charge in [0.15, 0.2) is 0 Å². The number of amides is 2. The van der Waals surface area contributed by atoms with Crippen molar-refractivity contribution in [2.24, 2.45) is 0 Å². The van der Waals surface area contributed by atoms with E-state index in [0.717, 1.165) is 11.3 Å². The molecular formula is C14H18N2O4S. The maximum atomic E-state index is 12.1. The molecule has 7 heteroatoms. The van der Waals surface area contributed by atoms with Crippen molar-refractivity contribution in [3.8, 4) is 0 Å². The zero-order valence-electron chi connectivity index (χ0n) is 12.0. The van der Waals surface area contributed by atoms with Gasteiger partial charge in [-0.1, -0.05) is 6.92 Å². The van der Waals surface area contributed by atoms with Crippen molar-refractivity contribution in [1.82, 2.24) is 5.32 Å². The average molecular weight is 310 g/mol. The molecular weight excluding hydrogens is 292 g/mol. The Kier molecular flexibility index (Phi) is 4.95. The van der Waals surface area contributed by atoms with Gasteiger partial charge in [-0.25, -0.2) is 4.79 Å². The number of thiophene rings is 1. The van der Waals surface area contributed by atoms with Gasteiger partial charge in [-0.05, 0) is 25.8 Å². The molecule has 1 aliphatic rings. The van der Waals surface area contributed by atoms with E-state index in [1.165, 1.54) is 11.3 Å². The maximum Gasteiger partial charge on any atom is 0.341 e. The maximum absolute atomic E-state index is 12.1. The molecule has 0 aliphatic carbocycles. The second-order valence-electron chi connectivity index (χ2n) is 4.68. The minimum Gasteiger partial charge on any atom is -0.462 e. The summed E-state index contributed by atoms with van der Waals surface area (Å²) in [6.07, 6.45) is 1.60. The van der Waals surface area contributed by atoms with E-state index in [-0.39, 0.29) is 18.4 Å². The second kappa shape index (κ2) is 6.71. The van der Waals surface area contributed by atoms with Gasteiger partial charge in [0, 0.05) is 11.3 Å². The highest BCUT2D eigenvalue weighted by molar-refractivity contribution is 7.16. The number of hydrogen-bond donors (Lipinski definition) is 2. The first kappa shape index (κ1) is 15.5. The van der Waals surface area contributed by atoms with E-state index in [4.69, 9.17) is 4.74 Å². The van der Waals surface area contributed by atoms with Gasteiger partial charge in [0.2, 0.25) is 11.8 Å². The van der Waals surface area contributed by atoms with Gasteiger partial charge in [0.25, 0.3) is 0 Å². The first-order valence-electron chi connectivity index (χ1n) is 6.95. The van der Waals surface area contributed by atoms with Crippen molar-refractivity contribution in [3.05, 3.63) is 16.5 Å². The number of aryl methyl sites for hydroxylation is 1. The summed E-state index contributed by atoms with van der Waals surface area (Å²) >= 11 is 1.36. The third-order valence-electron chi connectivity index (χ3n) is 3.18. The molecule has 6 nitrogen and oxygen atoms in total. The number of carbonyl (C=O) groups is 3. The Morgan fingerprint density at radius 1 is 1.48 bits per heavy atom. The molecule has 1 atom stereocenters. The third kappa shape index (κ3) is 3.60. The molecule has 0 aromatic carbocycles. The first-order valence-corrected chi connectivity index (χ1v) is 7.76. The van der Waals surface area contributed by atoms with Gasteiger partial charge in [-0.15, -0.1) is 11.3 Å². The van der Waals surface area contributed by atoms with Gasteiger partial charge in [-0.3, -0.25) is 9.59 Å². The Balaban J connectivity index is 2.14. The van der Waals surface area contributed by atoms with Gasteiger partial charge in [0.05, 0.1) is 12.2 Å². The summed E-state index contributed by atoms with van der Waals surface area (Å²) in [7, 11) is 0. The van der Waals surface area contributed by atoms with Crippen LogP contribution in [-0.2, 0) is 20.7 Å². The van der Waals surface area contributed by atoms with Gasteiger partial charge >= 0.3 is 5.97 Å². The van der Waals surface area contributed by atoms with Crippen LogP contribution < -0.4 is 10.6 Å². The topological polar surface area (TPSA) is 84.5 Å². The molecule has 0 bridgehead atoms. The summed E-state index contributed by atoms with van der Waals surface area (Å²) in [5, 5.41) is 5.82. The van der Waals surface area contributed by atoms with Crippen molar-refractivity contribution in [3.63, 3.8) is 0 Å². The number of ether oxygens (including phenoxy) is 1. The van der Waals surface area contributed by atoms with E-state index in [1.807, 2.05) is 6.92 Å². The van der Waals surface area contributed by atoms with Crippen LogP contribution in [0.15, 0.2) is 6.07 Å². The fraction of sp³-hybridized carbons (Fsp3) is 0.500. The van der Waals surface area contributed by atoms with Crippen LogP contribution in [0.25, 0.3) is 0 Å². The Bertz CT molecular complexity index is 567. The van der Waals surface area contributed by atoms with E-state index >= 15 is 0 Å². The second-order valence-corrected chi connectivity index (χ2v) is 5.81. The molecule has 2 heterocycles. The van der Waals surface area contributed by atoms with Crippen molar-refractivity contribution < 1.29 is 19.1 Å². The van der Waals surface area contributed by atoms with Gasteiger partial charge in [-0.2, -0.15) is 0 Å². The molecule has 114 valence electrons. The molecule has 1 aromatic rings. The van der Waals surface area contributed by atoms with Crippen LogP contribution in [0.3, 0.4) is 0 Å². The van der Waals surface area contributed by atoms with Crippen LogP contribution in [0.4, 0.5) is 5.00 Å². The number of esters is 1. The number of anilines is 1. The van der Waals surface area contributed by atoms with Gasteiger partial charge in [0.1, 0.15) is 11.0 Å². The zero-order chi connectivity index (χ0) is 15.4. The first-order chi connectivity index (χ1) is 10.0. The Morgan fingerprint density at radius 3 is 2.81 bits per heavy atom. The van der Waals surface area contributed by atoms with E-state index < -0.39 is 12.0 Å². The van der Waals surface area contributed by atoms with Crippen LogP contribution >= 0.6 is 11.3 Å². The SMILES string of the molecule is CCOC(=O)c1cc(CC)sc1NC(=O)C1CCC(=O)N1. The van der Waals surface area contributed by atoms with Crippen LogP contribution in [0.1, 0.15) is 41.9 Å². The third-order valence-corrected chi connectivity index (χ3v) is 4.37. The molecule has 2 rings (SSSR count). The molecule has 1 saturated heterocycles. The van der Waals surface area contributed by atoms with E-state index in [2.05, 4.69) is 10.6 Å². The largest absolute Gasteiger partial charge is 0.462 e. The van der Waals surface area contributed by atoms with Crippen LogP contribution in [-0.4, -0.2) is 30.4 Å². The predicted octanol–water partition coefficient (Wildman–Crippen LogP) is 1.70. The number of hydrogen-bond acceptors (Lipinski definition) is 5. The molecule has 1 aliphatic heterocycles. The minimum atomic E-state index is -0.528. The Hall–Kier alpha value is -1.89. The van der Waals surface area contributed by atoms with E-state index in [0.29, 0.717) is 23.4 Å². The molecule has 2 amide bonds. The monoisotopic (exact) mass is 310 g/mol. The molecule has 0 saturated carbocycles. The molecule has 21 heavy (non-hydrogen) atoms. The summed E-state index contributed by atoms with van der Waals surface area (Å²) in [4.78, 5) is 36.2. The quantitative estimate of drug-likeness (QED) is 0.811. The molecule has 1 fully saturated rings. The molecule has 1 unspecified atom stereocenters. The highest BCUT2D eigenvalue weighted by Crippen LogP contribution is 2.29. The van der Waals surface area contributed by atoms with Crippen molar-refractivity contribution in [2.45, 2.75) is 39.2 Å². The van der Waals surface area contributed by atoms with E-state index in [9.17, 15) is 14.4 Å². The van der Waals surface area contributed by atoms with E-state index in [1.54, 1.807) is 13.0 Å². The molecule has 2 N–H and O–H groups in total.